The normalized spacial score (nSPS) is 11.2. The summed E-state index contributed by atoms with van der Waals surface area (Å²) in [5, 5.41) is 5.83. The number of furan rings is 1. The molecule has 1 heterocycles. The van der Waals surface area contributed by atoms with Crippen LogP contribution in [0.2, 0.25) is 0 Å². The molecule has 0 aliphatic carbocycles. The fourth-order valence-corrected chi connectivity index (χ4v) is 5.05. The molecule has 2 nitrogen and oxygen atoms in total. The van der Waals surface area contributed by atoms with Gasteiger partial charge in [0, 0.05) is 22.1 Å². The summed E-state index contributed by atoms with van der Waals surface area (Å²) in [4.78, 5) is 0. The van der Waals surface area contributed by atoms with E-state index in [2.05, 4.69) is 133 Å². The summed E-state index contributed by atoms with van der Waals surface area (Å²) in [7, 11) is 0. The molecule has 0 aliphatic heterocycles. The molecular formula is C36H25NO. The van der Waals surface area contributed by atoms with E-state index in [1.807, 2.05) is 18.2 Å². The first kappa shape index (κ1) is 22.1. The van der Waals surface area contributed by atoms with Crippen molar-refractivity contribution < 1.29 is 4.42 Å². The molecule has 7 aromatic rings. The third-order valence-corrected chi connectivity index (χ3v) is 7.09. The van der Waals surface area contributed by atoms with Gasteiger partial charge in [0.1, 0.15) is 11.2 Å². The SMILES string of the molecule is c1ccc(-c2ccc(-c3ccc(Nc4ccc(-c5ccc6oc7ccccc7c6c5)cc4)cc3)cc2)cc1. The van der Waals surface area contributed by atoms with Crippen molar-refractivity contribution in [2.24, 2.45) is 0 Å². The van der Waals surface area contributed by atoms with Crippen LogP contribution in [0.4, 0.5) is 11.4 Å². The summed E-state index contributed by atoms with van der Waals surface area (Å²) in [5.74, 6) is 0. The first-order valence-corrected chi connectivity index (χ1v) is 12.8. The molecule has 0 saturated heterocycles. The number of anilines is 2. The summed E-state index contributed by atoms with van der Waals surface area (Å²) in [6.45, 7) is 0. The number of hydrogen-bond acceptors (Lipinski definition) is 2. The van der Waals surface area contributed by atoms with E-state index in [1.54, 1.807) is 0 Å². The van der Waals surface area contributed by atoms with Crippen molar-refractivity contribution in [2.45, 2.75) is 0 Å². The maximum atomic E-state index is 5.98. The molecule has 0 bridgehead atoms. The summed E-state index contributed by atoms with van der Waals surface area (Å²) in [6.07, 6.45) is 0. The van der Waals surface area contributed by atoms with Crippen LogP contribution in [-0.2, 0) is 0 Å². The lowest BCUT2D eigenvalue weighted by Crippen LogP contribution is -1.90. The highest BCUT2D eigenvalue weighted by atomic mass is 16.3. The highest BCUT2D eigenvalue weighted by molar-refractivity contribution is 6.06. The average molecular weight is 488 g/mol. The van der Waals surface area contributed by atoms with Gasteiger partial charge in [0.2, 0.25) is 0 Å². The standard InChI is InChI=1S/C36H25NO/c1-2-6-25(7-3-1)26-10-12-27(13-11-26)28-14-19-31(20-15-28)37-32-21-16-29(17-22-32)30-18-23-36-34(24-30)33-8-4-5-9-35(33)38-36/h1-24,37H. The zero-order valence-corrected chi connectivity index (χ0v) is 20.8. The Labute approximate surface area is 221 Å². The third kappa shape index (κ3) is 4.23. The van der Waals surface area contributed by atoms with Gasteiger partial charge in [-0.2, -0.15) is 0 Å². The summed E-state index contributed by atoms with van der Waals surface area (Å²) >= 11 is 0. The Bertz CT molecular complexity index is 1850. The van der Waals surface area contributed by atoms with E-state index in [-0.39, 0.29) is 0 Å². The Morgan fingerprint density at radius 3 is 1.42 bits per heavy atom. The molecule has 0 fully saturated rings. The van der Waals surface area contributed by atoms with Crippen LogP contribution >= 0.6 is 0 Å². The monoisotopic (exact) mass is 487 g/mol. The minimum atomic E-state index is 0.920. The first-order valence-electron chi connectivity index (χ1n) is 12.8. The van der Waals surface area contributed by atoms with Crippen LogP contribution < -0.4 is 5.32 Å². The van der Waals surface area contributed by atoms with Crippen LogP contribution in [-0.4, -0.2) is 0 Å². The number of nitrogens with one attached hydrogen (secondary N) is 1. The van der Waals surface area contributed by atoms with Gasteiger partial charge < -0.3 is 9.73 Å². The molecular weight excluding hydrogens is 462 g/mol. The van der Waals surface area contributed by atoms with Crippen molar-refractivity contribution in [1.29, 1.82) is 0 Å². The van der Waals surface area contributed by atoms with Crippen LogP contribution in [0.15, 0.2) is 150 Å². The van der Waals surface area contributed by atoms with Crippen molar-refractivity contribution in [3.8, 4) is 33.4 Å². The fourth-order valence-electron chi connectivity index (χ4n) is 5.05. The quantitative estimate of drug-likeness (QED) is 0.261. The average Bonchev–Trinajstić information content (AvgIpc) is 3.37. The second kappa shape index (κ2) is 9.42. The molecule has 0 spiro atoms. The third-order valence-electron chi connectivity index (χ3n) is 7.09. The van der Waals surface area contributed by atoms with E-state index in [0.717, 1.165) is 33.3 Å². The first-order chi connectivity index (χ1) is 18.8. The highest BCUT2D eigenvalue weighted by Crippen LogP contribution is 2.33. The van der Waals surface area contributed by atoms with Gasteiger partial charge in [-0.3, -0.25) is 0 Å². The smallest absolute Gasteiger partial charge is 0.135 e. The predicted molar refractivity (Wildman–Crippen MR) is 160 cm³/mol. The number of hydrogen-bond donors (Lipinski definition) is 1. The lowest BCUT2D eigenvalue weighted by Gasteiger charge is -2.10. The van der Waals surface area contributed by atoms with Gasteiger partial charge in [0.25, 0.3) is 0 Å². The maximum absolute atomic E-state index is 5.98. The number of para-hydroxylation sites is 1. The van der Waals surface area contributed by atoms with E-state index >= 15 is 0 Å². The molecule has 7 rings (SSSR count). The van der Waals surface area contributed by atoms with Gasteiger partial charge >= 0.3 is 0 Å². The van der Waals surface area contributed by atoms with E-state index in [4.69, 9.17) is 4.42 Å². The van der Waals surface area contributed by atoms with E-state index < -0.39 is 0 Å². The molecule has 1 N–H and O–H groups in total. The van der Waals surface area contributed by atoms with Crippen LogP contribution in [0.5, 0.6) is 0 Å². The second-order valence-electron chi connectivity index (χ2n) is 9.53. The topological polar surface area (TPSA) is 25.2 Å². The van der Waals surface area contributed by atoms with Gasteiger partial charge in [0.15, 0.2) is 0 Å². The van der Waals surface area contributed by atoms with Gasteiger partial charge in [-0.1, -0.05) is 103 Å². The summed E-state index contributed by atoms with van der Waals surface area (Å²) in [5.41, 5.74) is 11.2. The molecule has 0 radical (unpaired) electrons. The van der Waals surface area contributed by atoms with E-state index in [9.17, 15) is 0 Å². The Balaban J connectivity index is 1.07. The number of rotatable bonds is 5. The molecule has 0 unspecified atom stereocenters. The van der Waals surface area contributed by atoms with Crippen molar-refractivity contribution in [2.75, 3.05) is 5.32 Å². The molecule has 0 saturated carbocycles. The predicted octanol–water partition coefficient (Wildman–Crippen LogP) is 10.3. The minimum Gasteiger partial charge on any atom is -0.456 e. The summed E-state index contributed by atoms with van der Waals surface area (Å²) < 4.78 is 5.98. The molecule has 0 aliphatic rings. The van der Waals surface area contributed by atoms with Crippen molar-refractivity contribution >= 4 is 33.3 Å². The van der Waals surface area contributed by atoms with Crippen molar-refractivity contribution in [3.63, 3.8) is 0 Å². The largest absolute Gasteiger partial charge is 0.456 e. The van der Waals surface area contributed by atoms with Gasteiger partial charge in [-0.05, 0) is 75.8 Å². The van der Waals surface area contributed by atoms with Crippen LogP contribution in [0.25, 0.3) is 55.3 Å². The van der Waals surface area contributed by atoms with Gasteiger partial charge in [-0.15, -0.1) is 0 Å². The molecule has 6 aromatic carbocycles. The Kier molecular flexibility index (Phi) is 5.49. The molecule has 180 valence electrons. The van der Waals surface area contributed by atoms with Gasteiger partial charge in [-0.25, -0.2) is 0 Å². The van der Waals surface area contributed by atoms with Crippen molar-refractivity contribution in [1.82, 2.24) is 0 Å². The van der Waals surface area contributed by atoms with Gasteiger partial charge in [0.05, 0.1) is 0 Å². The Morgan fingerprint density at radius 2 is 0.789 bits per heavy atom. The summed E-state index contributed by atoms with van der Waals surface area (Å²) in [6, 6.07) is 51.0. The zero-order valence-electron chi connectivity index (χ0n) is 20.8. The fraction of sp³-hybridized carbons (Fsp3) is 0. The lowest BCUT2D eigenvalue weighted by atomic mass is 10.0. The minimum absolute atomic E-state index is 0.920. The van der Waals surface area contributed by atoms with Crippen LogP contribution in [0.1, 0.15) is 0 Å². The molecule has 0 amide bonds. The maximum Gasteiger partial charge on any atom is 0.135 e. The Morgan fingerprint density at radius 1 is 0.342 bits per heavy atom. The van der Waals surface area contributed by atoms with Crippen molar-refractivity contribution in [3.05, 3.63) is 146 Å². The lowest BCUT2D eigenvalue weighted by molar-refractivity contribution is 0.669. The molecule has 38 heavy (non-hydrogen) atoms. The molecule has 1 aromatic heterocycles. The number of benzene rings is 6. The highest BCUT2D eigenvalue weighted by Gasteiger charge is 2.08. The molecule has 2 heteroatoms. The van der Waals surface area contributed by atoms with E-state index in [1.165, 1.54) is 33.4 Å². The Hall–Kier alpha value is -5.08. The molecule has 0 atom stereocenters. The van der Waals surface area contributed by atoms with E-state index in [0.29, 0.717) is 0 Å². The second-order valence-corrected chi connectivity index (χ2v) is 9.53. The van der Waals surface area contributed by atoms with Crippen LogP contribution in [0.3, 0.4) is 0 Å². The van der Waals surface area contributed by atoms with Crippen LogP contribution in [0, 0.1) is 0 Å². The zero-order chi connectivity index (χ0) is 25.3. The number of fused-ring (bicyclic) bond motifs is 3.